The van der Waals surface area contributed by atoms with Gasteiger partial charge in [-0.05, 0) is 31.2 Å². The Labute approximate surface area is 186 Å². The molecule has 0 spiro atoms. The number of benzene rings is 1. The molecular weight excluding hydrogens is 410 g/mol. The summed E-state index contributed by atoms with van der Waals surface area (Å²) in [6.45, 7) is 4.15. The van der Waals surface area contributed by atoms with Gasteiger partial charge < -0.3 is 23.2 Å². The molecule has 8 heteroatoms. The second-order valence-electron chi connectivity index (χ2n) is 7.69. The third-order valence-corrected chi connectivity index (χ3v) is 4.98. The second kappa shape index (κ2) is 10.9. The summed E-state index contributed by atoms with van der Waals surface area (Å²) in [6.07, 6.45) is 3.13. The Morgan fingerprint density at radius 3 is 2.50 bits per heavy atom. The van der Waals surface area contributed by atoms with Gasteiger partial charge >= 0.3 is 0 Å². The van der Waals surface area contributed by atoms with Gasteiger partial charge in [-0.3, -0.25) is 4.90 Å². The number of ether oxygens (including phenoxy) is 1. The number of nitrogens with zero attached hydrogens (tertiary/aromatic N) is 3. The number of aryl methyl sites for hydroxylation is 1. The van der Waals surface area contributed by atoms with Crippen LogP contribution >= 0.6 is 0 Å². The predicted molar refractivity (Wildman–Crippen MR) is 117 cm³/mol. The number of aliphatic hydroxyl groups is 1. The van der Waals surface area contributed by atoms with E-state index in [2.05, 4.69) is 15.0 Å². The maximum atomic E-state index is 10.5. The Kier molecular flexibility index (Phi) is 7.50. The zero-order chi connectivity index (χ0) is 22.2. The van der Waals surface area contributed by atoms with E-state index in [1.54, 1.807) is 12.5 Å². The Morgan fingerprint density at radius 1 is 1.03 bits per heavy atom. The van der Waals surface area contributed by atoms with Crippen molar-refractivity contribution in [1.29, 1.82) is 0 Å². The minimum absolute atomic E-state index is 0.202. The maximum Gasteiger partial charge on any atom is 0.228 e. The minimum atomic E-state index is -0.661. The van der Waals surface area contributed by atoms with Crippen molar-refractivity contribution in [3.63, 3.8) is 0 Å². The first-order valence-corrected chi connectivity index (χ1v) is 10.6. The van der Waals surface area contributed by atoms with E-state index in [0.717, 1.165) is 17.1 Å². The quantitative estimate of drug-likeness (QED) is 0.357. The van der Waals surface area contributed by atoms with Crippen LogP contribution in [0.3, 0.4) is 0 Å². The third kappa shape index (κ3) is 6.40. The van der Waals surface area contributed by atoms with E-state index in [0.29, 0.717) is 44.4 Å². The first-order valence-electron chi connectivity index (χ1n) is 10.6. The van der Waals surface area contributed by atoms with Gasteiger partial charge in [-0.15, -0.1) is 0 Å². The number of furan rings is 2. The van der Waals surface area contributed by atoms with Crippen LogP contribution in [0, 0.1) is 6.92 Å². The van der Waals surface area contributed by atoms with E-state index in [1.807, 2.05) is 55.5 Å². The summed E-state index contributed by atoms with van der Waals surface area (Å²) in [6, 6.07) is 15.4. The molecule has 0 aliphatic rings. The van der Waals surface area contributed by atoms with Gasteiger partial charge in [0.1, 0.15) is 18.1 Å². The molecule has 0 bridgehead atoms. The topological polar surface area (TPSA) is 97.9 Å². The van der Waals surface area contributed by atoms with E-state index in [-0.39, 0.29) is 6.61 Å². The zero-order valence-corrected chi connectivity index (χ0v) is 18.0. The number of rotatable bonds is 12. The molecule has 32 heavy (non-hydrogen) atoms. The highest BCUT2D eigenvalue weighted by molar-refractivity contribution is 5.54. The molecule has 3 heterocycles. The first kappa shape index (κ1) is 22.0. The van der Waals surface area contributed by atoms with Crippen LogP contribution in [0.15, 0.2) is 74.4 Å². The van der Waals surface area contributed by atoms with Crippen molar-refractivity contribution in [2.45, 2.75) is 32.6 Å². The Morgan fingerprint density at radius 2 is 1.78 bits per heavy atom. The highest BCUT2D eigenvalue weighted by Gasteiger charge is 2.16. The lowest BCUT2D eigenvalue weighted by Crippen LogP contribution is -2.35. The fourth-order valence-electron chi connectivity index (χ4n) is 3.33. The van der Waals surface area contributed by atoms with Gasteiger partial charge in [-0.25, -0.2) is 0 Å². The molecule has 4 rings (SSSR count). The van der Waals surface area contributed by atoms with Gasteiger partial charge in [0.15, 0.2) is 0 Å². The van der Waals surface area contributed by atoms with Gasteiger partial charge in [-0.1, -0.05) is 35.0 Å². The summed E-state index contributed by atoms with van der Waals surface area (Å²) < 4.78 is 21.7. The molecule has 0 saturated heterocycles. The lowest BCUT2D eigenvalue weighted by molar-refractivity contribution is 0.00290. The zero-order valence-electron chi connectivity index (χ0n) is 18.0. The van der Waals surface area contributed by atoms with E-state index in [9.17, 15) is 5.11 Å². The Balaban J connectivity index is 1.31. The van der Waals surface area contributed by atoms with E-state index in [1.165, 1.54) is 5.56 Å². The normalized spacial score (nSPS) is 12.5. The van der Waals surface area contributed by atoms with Crippen LogP contribution in [-0.2, 0) is 24.3 Å². The van der Waals surface area contributed by atoms with E-state index in [4.69, 9.17) is 18.1 Å². The average molecular weight is 437 g/mol. The van der Waals surface area contributed by atoms with Crippen molar-refractivity contribution in [3.05, 3.63) is 84.0 Å². The molecule has 0 aliphatic heterocycles. The standard InChI is InChI=1S/C24H27N3O5/c1-18-6-8-19(9-7-18)24-25-23(32-26-24)10-11-27(15-21-4-2-12-30-21)14-20(28)16-29-17-22-5-3-13-31-22/h2-9,12-13,20,28H,10-11,14-17H2,1H3/t20-/m1/s1. The van der Waals surface area contributed by atoms with Crippen molar-refractivity contribution >= 4 is 0 Å². The molecule has 3 aromatic heterocycles. The van der Waals surface area contributed by atoms with Crippen LogP contribution in [0.2, 0.25) is 0 Å². The molecule has 0 amide bonds. The highest BCUT2D eigenvalue weighted by Crippen LogP contribution is 2.17. The van der Waals surface area contributed by atoms with Crippen LogP contribution in [0.25, 0.3) is 11.4 Å². The molecule has 8 nitrogen and oxygen atoms in total. The summed E-state index contributed by atoms with van der Waals surface area (Å²) in [4.78, 5) is 6.59. The summed E-state index contributed by atoms with van der Waals surface area (Å²) >= 11 is 0. The fraction of sp³-hybridized carbons (Fsp3) is 0.333. The van der Waals surface area contributed by atoms with Gasteiger partial charge in [-0.2, -0.15) is 4.98 Å². The molecule has 0 saturated carbocycles. The van der Waals surface area contributed by atoms with Gasteiger partial charge in [0.25, 0.3) is 0 Å². The van der Waals surface area contributed by atoms with Gasteiger partial charge in [0.2, 0.25) is 11.7 Å². The van der Waals surface area contributed by atoms with Crippen LogP contribution < -0.4 is 0 Å². The van der Waals surface area contributed by atoms with Crippen molar-refractivity contribution in [3.8, 4) is 11.4 Å². The molecule has 0 aliphatic carbocycles. The first-order chi connectivity index (χ1) is 15.7. The van der Waals surface area contributed by atoms with Crippen molar-refractivity contribution in [1.82, 2.24) is 15.0 Å². The van der Waals surface area contributed by atoms with E-state index >= 15 is 0 Å². The monoisotopic (exact) mass is 437 g/mol. The molecule has 1 aromatic carbocycles. The summed E-state index contributed by atoms with van der Waals surface area (Å²) in [5.41, 5.74) is 2.10. The lowest BCUT2D eigenvalue weighted by atomic mass is 10.1. The molecule has 4 aromatic rings. The minimum Gasteiger partial charge on any atom is -0.468 e. The molecule has 168 valence electrons. The van der Waals surface area contributed by atoms with Crippen LogP contribution in [0.5, 0.6) is 0 Å². The molecule has 1 atom stereocenters. The second-order valence-corrected chi connectivity index (χ2v) is 7.69. The van der Waals surface area contributed by atoms with Crippen LogP contribution in [-0.4, -0.2) is 45.9 Å². The van der Waals surface area contributed by atoms with E-state index < -0.39 is 6.10 Å². The average Bonchev–Trinajstić information content (AvgIpc) is 3.56. The molecular formula is C24H27N3O5. The Bertz CT molecular complexity index is 1040. The van der Waals surface area contributed by atoms with Crippen LogP contribution in [0.1, 0.15) is 23.0 Å². The summed E-state index contributed by atoms with van der Waals surface area (Å²) in [5, 5.41) is 14.6. The van der Waals surface area contributed by atoms with Gasteiger partial charge in [0.05, 0.1) is 31.8 Å². The number of hydrogen-bond acceptors (Lipinski definition) is 8. The third-order valence-electron chi connectivity index (χ3n) is 4.98. The highest BCUT2D eigenvalue weighted by atomic mass is 16.5. The van der Waals surface area contributed by atoms with Gasteiger partial charge in [0, 0.05) is 25.1 Å². The molecule has 1 N–H and O–H groups in total. The molecule has 0 radical (unpaired) electrons. The maximum absolute atomic E-state index is 10.5. The number of hydrogen-bond donors (Lipinski definition) is 1. The lowest BCUT2D eigenvalue weighted by Gasteiger charge is -2.23. The van der Waals surface area contributed by atoms with Crippen molar-refractivity contribution < 1.29 is 23.2 Å². The predicted octanol–water partition coefficient (Wildman–Crippen LogP) is 3.85. The summed E-state index contributed by atoms with van der Waals surface area (Å²) in [5.74, 6) is 2.67. The summed E-state index contributed by atoms with van der Waals surface area (Å²) in [7, 11) is 0. The number of aliphatic hydroxyl groups excluding tert-OH is 1. The smallest absolute Gasteiger partial charge is 0.228 e. The van der Waals surface area contributed by atoms with Crippen molar-refractivity contribution in [2.24, 2.45) is 0 Å². The van der Waals surface area contributed by atoms with Crippen molar-refractivity contribution in [2.75, 3.05) is 19.7 Å². The molecule has 0 unspecified atom stereocenters. The fourth-order valence-corrected chi connectivity index (χ4v) is 3.33. The molecule has 0 fully saturated rings. The van der Waals surface area contributed by atoms with Crippen LogP contribution in [0.4, 0.5) is 0 Å². The SMILES string of the molecule is Cc1ccc(-c2noc(CCN(Cc3ccco3)C[C@@H](O)COCc3ccco3)n2)cc1. The number of aromatic nitrogens is 2. The Hall–Kier alpha value is -3.20. The largest absolute Gasteiger partial charge is 0.468 e.